The molecule has 2 aromatic rings. The van der Waals surface area contributed by atoms with Crippen molar-refractivity contribution >= 4 is 11.8 Å². The Balaban J connectivity index is 1.56. The van der Waals surface area contributed by atoms with Crippen molar-refractivity contribution in [3.63, 3.8) is 0 Å². The molecule has 6 nitrogen and oxygen atoms in total. The third kappa shape index (κ3) is 4.30. The highest BCUT2D eigenvalue weighted by Crippen LogP contribution is 2.22. The van der Waals surface area contributed by atoms with Crippen LogP contribution in [0.3, 0.4) is 0 Å². The van der Waals surface area contributed by atoms with Crippen LogP contribution in [0.15, 0.2) is 36.5 Å². The van der Waals surface area contributed by atoms with Gasteiger partial charge in [-0.1, -0.05) is 12.1 Å². The Hall–Kier alpha value is -2.65. The number of nitriles is 1. The Bertz CT molecular complexity index is 757. The summed E-state index contributed by atoms with van der Waals surface area (Å²) in [5.74, 6) is 1.72. The summed E-state index contributed by atoms with van der Waals surface area (Å²) < 4.78 is 0. The third-order valence-electron chi connectivity index (χ3n) is 4.98. The van der Waals surface area contributed by atoms with Crippen molar-refractivity contribution in [2.24, 2.45) is 0 Å². The predicted octanol–water partition coefficient (Wildman–Crippen LogP) is 2.52. The minimum Gasteiger partial charge on any atom is -0.356 e. The van der Waals surface area contributed by atoms with E-state index in [2.05, 4.69) is 45.0 Å². The zero-order chi connectivity index (χ0) is 18.5. The summed E-state index contributed by atoms with van der Waals surface area (Å²) in [7, 11) is 6.05. The Kier molecular flexibility index (Phi) is 5.69. The predicted molar refractivity (Wildman–Crippen MR) is 104 cm³/mol. The van der Waals surface area contributed by atoms with Crippen molar-refractivity contribution in [2.45, 2.75) is 25.4 Å². The first-order valence-electron chi connectivity index (χ1n) is 9.01. The molecule has 0 amide bonds. The highest BCUT2D eigenvalue weighted by molar-refractivity contribution is 5.43. The van der Waals surface area contributed by atoms with Crippen LogP contribution in [0.1, 0.15) is 24.0 Å². The largest absolute Gasteiger partial charge is 0.356 e. The maximum Gasteiger partial charge on any atom is 0.226 e. The monoisotopic (exact) mass is 350 g/mol. The lowest BCUT2D eigenvalue weighted by Crippen LogP contribution is -2.43. The normalized spacial score (nSPS) is 15.5. The SMILES string of the molecule is CN(C)c1nccc(N(C)C2CCN(Cc3ccc(C#N)cc3)CC2)n1. The summed E-state index contributed by atoms with van der Waals surface area (Å²) >= 11 is 0. The molecule has 0 saturated carbocycles. The molecular weight excluding hydrogens is 324 g/mol. The fourth-order valence-corrected chi connectivity index (χ4v) is 3.35. The van der Waals surface area contributed by atoms with Gasteiger partial charge in [0, 0.05) is 53.0 Å². The molecule has 1 fully saturated rings. The molecule has 0 aliphatic carbocycles. The van der Waals surface area contributed by atoms with E-state index in [0.29, 0.717) is 6.04 Å². The van der Waals surface area contributed by atoms with E-state index >= 15 is 0 Å². The van der Waals surface area contributed by atoms with Crippen molar-refractivity contribution in [3.05, 3.63) is 47.7 Å². The van der Waals surface area contributed by atoms with E-state index in [9.17, 15) is 0 Å². The number of likely N-dealkylation sites (tertiary alicyclic amines) is 1. The molecular formula is C20H26N6. The van der Waals surface area contributed by atoms with Crippen LogP contribution in [-0.4, -0.2) is 55.1 Å². The fraction of sp³-hybridized carbons (Fsp3) is 0.450. The third-order valence-corrected chi connectivity index (χ3v) is 4.98. The number of anilines is 2. The molecule has 1 aliphatic rings. The minimum absolute atomic E-state index is 0.497. The zero-order valence-electron chi connectivity index (χ0n) is 15.8. The fourth-order valence-electron chi connectivity index (χ4n) is 3.35. The molecule has 0 N–H and O–H groups in total. The first-order chi connectivity index (χ1) is 12.6. The lowest BCUT2D eigenvalue weighted by atomic mass is 10.0. The minimum atomic E-state index is 0.497. The molecule has 1 saturated heterocycles. The highest BCUT2D eigenvalue weighted by atomic mass is 15.3. The zero-order valence-corrected chi connectivity index (χ0v) is 15.8. The summed E-state index contributed by atoms with van der Waals surface area (Å²) in [5, 5.41) is 8.90. The number of aromatic nitrogens is 2. The van der Waals surface area contributed by atoms with Crippen LogP contribution in [-0.2, 0) is 6.54 Å². The average molecular weight is 350 g/mol. The number of benzene rings is 1. The second-order valence-corrected chi connectivity index (χ2v) is 7.04. The standard InChI is InChI=1S/C20H26N6/c1-24(2)20-22-11-8-19(23-20)25(3)18-9-12-26(13-10-18)15-17-6-4-16(14-21)5-7-17/h4-8,11,18H,9-10,12-13,15H2,1-3H3. The van der Waals surface area contributed by atoms with E-state index in [1.54, 1.807) is 0 Å². The maximum absolute atomic E-state index is 8.90. The van der Waals surface area contributed by atoms with Crippen LogP contribution in [0.4, 0.5) is 11.8 Å². The van der Waals surface area contributed by atoms with Crippen LogP contribution in [0.25, 0.3) is 0 Å². The van der Waals surface area contributed by atoms with Crippen LogP contribution >= 0.6 is 0 Å². The van der Waals surface area contributed by atoms with Gasteiger partial charge in [-0.3, -0.25) is 4.90 Å². The lowest BCUT2D eigenvalue weighted by Gasteiger charge is -2.37. The van der Waals surface area contributed by atoms with Crippen molar-refractivity contribution < 1.29 is 0 Å². The van der Waals surface area contributed by atoms with Crippen LogP contribution in [0.2, 0.25) is 0 Å². The number of hydrogen-bond donors (Lipinski definition) is 0. The molecule has 136 valence electrons. The van der Waals surface area contributed by atoms with Crippen molar-refractivity contribution in [2.75, 3.05) is 44.0 Å². The molecule has 26 heavy (non-hydrogen) atoms. The first-order valence-corrected chi connectivity index (χ1v) is 9.01. The summed E-state index contributed by atoms with van der Waals surface area (Å²) in [6.07, 6.45) is 4.07. The number of rotatable bonds is 5. The van der Waals surface area contributed by atoms with Crippen LogP contribution < -0.4 is 9.80 Å². The Morgan fingerprint density at radius 3 is 2.42 bits per heavy atom. The van der Waals surface area contributed by atoms with E-state index < -0.39 is 0 Å². The van der Waals surface area contributed by atoms with Crippen molar-refractivity contribution in [1.82, 2.24) is 14.9 Å². The van der Waals surface area contributed by atoms with Gasteiger partial charge in [-0.05, 0) is 36.6 Å². The molecule has 0 bridgehead atoms. The van der Waals surface area contributed by atoms with Gasteiger partial charge in [0.05, 0.1) is 11.6 Å². The Labute approximate surface area is 155 Å². The summed E-state index contributed by atoms with van der Waals surface area (Å²) in [6, 6.07) is 12.6. The van der Waals surface area contributed by atoms with Gasteiger partial charge in [0.2, 0.25) is 5.95 Å². The van der Waals surface area contributed by atoms with Gasteiger partial charge in [-0.2, -0.15) is 10.2 Å². The quantitative estimate of drug-likeness (QED) is 0.826. The van der Waals surface area contributed by atoms with Crippen LogP contribution in [0, 0.1) is 11.3 Å². The van der Waals surface area contributed by atoms with E-state index in [-0.39, 0.29) is 0 Å². The van der Waals surface area contributed by atoms with Gasteiger partial charge in [-0.25, -0.2) is 4.98 Å². The van der Waals surface area contributed by atoms with Gasteiger partial charge in [0.15, 0.2) is 0 Å². The molecule has 1 aromatic heterocycles. The smallest absolute Gasteiger partial charge is 0.226 e. The van der Waals surface area contributed by atoms with E-state index in [1.165, 1.54) is 5.56 Å². The lowest BCUT2D eigenvalue weighted by molar-refractivity contribution is 0.203. The summed E-state index contributed by atoms with van der Waals surface area (Å²) in [5.41, 5.74) is 1.98. The molecule has 0 unspecified atom stereocenters. The molecule has 0 spiro atoms. The highest BCUT2D eigenvalue weighted by Gasteiger charge is 2.23. The molecule has 0 atom stereocenters. The summed E-state index contributed by atoms with van der Waals surface area (Å²) in [4.78, 5) is 15.6. The molecule has 1 aromatic carbocycles. The summed E-state index contributed by atoms with van der Waals surface area (Å²) in [6.45, 7) is 3.09. The topological polar surface area (TPSA) is 59.3 Å². The van der Waals surface area contributed by atoms with E-state index in [1.807, 2.05) is 43.4 Å². The van der Waals surface area contributed by atoms with Gasteiger partial charge in [0.1, 0.15) is 5.82 Å². The molecule has 1 aliphatic heterocycles. The molecule has 0 radical (unpaired) electrons. The number of nitrogens with zero attached hydrogens (tertiary/aromatic N) is 6. The second kappa shape index (κ2) is 8.15. The number of hydrogen-bond acceptors (Lipinski definition) is 6. The number of piperidine rings is 1. The van der Waals surface area contributed by atoms with Gasteiger partial charge in [-0.15, -0.1) is 0 Å². The Morgan fingerprint density at radius 1 is 1.12 bits per heavy atom. The first kappa shape index (κ1) is 18.2. The Morgan fingerprint density at radius 2 is 1.81 bits per heavy atom. The van der Waals surface area contributed by atoms with Gasteiger partial charge < -0.3 is 9.80 Å². The maximum atomic E-state index is 8.90. The van der Waals surface area contributed by atoms with Gasteiger partial charge >= 0.3 is 0 Å². The molecule has 2 heterocycles. The second-order valence-electron chi connectivity index (χ2n) is 7.04. The van der Waals surface area contributed by atoms with E-state index in [4.69, 9.17) is 5.26 Å². The molecule has 6 heteroatoms. The van der Waals surface area contributed by atoms with Crippen LogP contribution in [0.5, 0.6) is 0 Å². The molecule has 3 rings (SSSR count). The average Bonchev–Trinajstić information content (AvgIpc) is 2.68. The van der Waals surface area contributed by atoms with Crippen molar-refractivity contribution in [1.29, 1.82) is 5.26 Å². The van der Waals surface area contributed by atoms with E-state index in [0.717, 1.165) is 49.8 Å². The van der Waals surface area contributed by atoms with Gasteiger partial charge in [0.25, 0.3) is 0 Å². The van der Waals surface area contributed by atoms with Crippen molar-refractivity contribution in [3.8, 4) is 6.07 Å².